The lowest BCUT2D eigenvalue weighted by Gasteiger charge is -2.18. The van der Waals surface area contributed by atoms with Crippen molar-refractivity contribution in [3.8, 4) is 28.4 Å². The van der Waals surface area contributed by atoms with Crippen molar-refractivity contribution in [3.05, 3.63) is 42.5 Å². The molecule has 4 heteroatoms. The largest absolute Gasteiger partial charge is 0.493 e. The van der Waals surface area contributed by atoms with Crippen molar-refractivity contribution in [2.75, 3.05) is 27.1 Å². The molecule has 1 fully saturated rings. The molecule has 0 aromatic heterocycles. The molecule has 2 aromatic carbocycles. The van der Waals surface area contributed by atoms with Crippen LogP contribution >= 0.6 is 0 Å². The average Bonchev–Trinajstić information content (AvgIpc) is 3.37. The maximum Gasteiger partial charge on any atom is 0.188 e. The van der Waals surface area contributed by atoms with Crippen LogP contribution in [0.1, 0.15) is 26.7 Å². The zero-order chi connectivity index (χ0) is 17.7. The molecule has 1 aliphatic rings. The number of hydrogen-bond acceptors (Lipinski definition) is 4. The smallest absolute Gasteiger partial charge is 0.188 e. The standard InChI is InChI=1S/C21H26O4/c1-4-23-18-6-5-7-19(24-14-21(2)12-13-21)20(18)16-8-10-17(11-9-16)25-15-22-3/h5-11H,4,12-15H2,1-3H3. The maximum atomic E-state index is 6.17. The van der Waals surface area contributed by atoms with E-state index in [1.165, 1.54) is 12.8 Å². The Balaban J connectivity index is 1.88. The lowest BCUT2D eigenvalue weighted by Crippen LogP contribution is -2.09. The SMILES string of the molecule is CCOc1cccc(OCC2(C)CC2)c1-c1ccc(OCOC)cc1. The van der Waals surface area contributed by atoms with Crippen molar-refractivity contribution in [3.63, 3.8) is 0 Å². The minimum Gasteiger partial charge on any atom is -0.493 e. The monoisotopic (exact) mass is 342 g/mol. The zero-order valence-corrected chi connectivity index (χ0v) is 15.2. The minimum atomic E-state index is 0.238. The van der Waals surface area contributed by atoms with E-state index >= 15 is 0 Å². The molecule has 3 rings (SSSR count). The van der Waals surface area contributed by atoms with Gasteiger partial charge in [-0.1, -0.05) is 25.1 Å². The van der Waals surface area contributed by atoms with E-state index in [0.29, 0.717) is 12.0 Å². The van der Waals surface area contributed by atoms with Gasteiger partial charge in [0.15, 0.2) is 6.79 Å². The first-order chi connectivity index (χ1) is 12.1. The summed E-state index contributed by atoms with van der Waals surface area (Å²) in [5.74, 6) is 2.48. The number of rotatable bonds is 9. The summed E-state index contributed by atoms with van der Waals surface area (Å²) in [5.41, 5.74) is 2.37. The summed E-state index contributed by atoms with van der Waals surface area (Å²) in [6.45, 7) is 5.85. The topological polar surface area (TPSA) is 36.9 Å². The molecule has 0 heterocycles. The van der Waals surface area contributed by atoms with Crippen molar-refractivity contribution >= 4 is 0 Å². The molecule has 0 amide bonds. The average molecular weight is 342 g/mol. The number of methoxy groups -OCH3 is 1. The van der Waals surface area contributed by atoms with E-state index in [0.717, 1.165) is 35.0 Å². The van der Waals surface area contributed by atoms with Gasteiger partial charge in [0.05, 0.1) is 18.8 Å². The predicted molar refractivity (Wildman–Crippen MR) is 98.4 cm³/mol. The highest BCUT2D eigenvalue weighted by atomic mass is 16.7. The van der Waals surface area contributed by atoms with Gasteiger partial charge in [0.2, 0.25) is 0 Å². The highest BCUT2D eigenvalue weighted by molar-refractivity contribution is 5.77. The Morgan fingerprint density at radius 2 is 1.60 bits per heavy atom. The van der Waals surface area contributed by atoms with Crippen molar-refractivity contribution in [2.45, 2.75) is 26.7 Å². The summed E-state index contributed by atoms with van der Waals surface area (Å²) in [5, 5.41) is 0. The summed E-state index contributed by atoms with van der Waals surface area (Å²) in [4.78, 5) is 0. The van der Waals surface area contributed by atoms with Gasteiger partial charge in [0.1, 0.15) is 17.2 Å². The minimum absolute atomic E-state index is 0.238. The molecule has 0 atom stereocenters. The molecule has 0 spiro atoms. The van der Waals surface area contributed by atoms with Gasteiger partial charge >= 0.3 is 0 Å². The fourth-order valence-electron chi connectivity index (χ4n) is 2.65. The van der Waals surface area contributed by atoms with Gasteiger partial charge in [-0.25, -0.2) is 0 Å². The first-order valence-corrected chi connectivity index (χ1v) is 8.76. The third kappa shape index (κ3) is 4.45. The van der Waals surface area contributed by atoms with Crippen molar-refractivity contribution in [1.29, 1.82) is 0 Å². The molecule has 1 aliphatic carbocycles. The fraction of sp³-hybridized carbons (Fsp3) is 0.429. The molecule has 0 N–H and O–H groups in total. The molecule has 1 saturated carbocycles. The molecule has 0 radical (unpaired) electrons. The molecule has 0 unspecified atom stereocenters. The number of hydrogen-bond donors (Lipinski definition) is 0. The third-order valence-corrected chi connectivity index (χ3v) is 4.45. The summed E-state index contributed by atoms with van der Waals surface area (Å²) in [6, 6.07) is 13.9. The lowest BCUT2D eigenvalue weighted by atomic mass is 10.0. The Hall–Kier alpha value is -2.20. The van der Waals surface area contributed by atoms with Crippen LogP contribution in [0.5, 0.6) is 17.2 Å². The molecule has 2 aromatic rings. The first-order valence-electron chi connectivity index (χ1n) is 8.76. The van der Waals surface area contributed by atoms with E-state index in [-0.39, 0.29) is 6.79 Å². The second kappa shape index (κ2) is 7.79. The van der Waals surface area contributed by atoms with E-state index in [1.54, 1.807) is 7.11 Å². The Morgan fingerprint density at radius 3 is 2.20 bits per heavy atom. The number of benzene rings is 2. The molecular weight excluding hydrogens is 316 g/mol. The Labute approximate surface area is 149 Å². The normalized spacial score (nSPS) is 14.8. The van der Waals surface area contributed by atoms with Gasteiger partial charge in [-0.2, -0.15) is 0 Å². The van der Waals surface area contributed by atoms with Crippen LogP contribution in [0, 0.1) is 5.41 Å². The van der Waals surface area contributed by atoms with E-state index in [9.17, 15) is 0 Å². The van der Waals surface area contributed by atoms with Crippen molar-refractivity contribution < 1.29 is 18.9 Å². The van der Waals surface area contributed by atoms with E-state index in [2.05, 4.69) is 6.92 Å². The predicted octanol–water partition coefficient (Wildman–Crippen LogP) is 4.91. The molecule has 134 valence electrons. The quantitative estimate of drug-likeness (QED) is 0.607. The van der Waals surface area contributed by atoms with E-state index < -0.39 is 0 Å². The summed E-state index contributed by atoms with van der Waals surface area (Å²) >= 11 is 0. The van der Waals surface area contributed by atoms with Crippen LogP contribution in [0.2, 0.25) is 0 Å². The second-order valence-corrected chi connectivity index (χ2v) is 6.74. The fourth-order valence-corrected chi connectivity index (χ4v) is 2.65. The third-order valence-electron chi connectivity index (χ3n) is 4.45. The van der Waals surface area contributed by atoms with E-state index in [1.807, 2.05) is 49.4 Å². The van der Waals surface area contributed by atoms with Gasteiger partial charge in [0, 0.05) is 12.5 Å². The van der Waals surface area contributed by atoms with Crippen LogP contribution in [-0.4, -0.2) is 27.1 Å². The second-order valence-electron chi connectivity index (χ2n) is 6.74. The highest BCUT2D eigenvalue weighted by Gasteiger charge is 2.38. The molecule has 0 aliphatic heterocycles. The van der Waals surface area contributed by atoms with Crippen LogP contribution in [0.3, 0.4) is 0 Å². The molecule has 25 heavy (non-hydrogen) atoms. The van der Waals surface area contributed by atoms with Crippen molar-refractivity contribution in [1.82, 2.24) is 0 Å². The Morgan fingerprint density at radius 1 is 0.920 bits per heavy atom. The van der Waals surface area contributed by atoms with Crippen LogP contribution in [0.25, 0.3) is 11.1 Å². The van der Waals surface area contributed by atoms with Crippen molar-refractivity contribution in [2.24, 2.45) is 5.41 Å². The summed E-state index contributed by atoms with van der Waals surface area (Å²) in [7, 11) is 1.61. The van der Waals surface area contributed by atoms with Gasteiger partial charge < -0.3 is 18.9 Å². The van der Waals surface area contributed by atoms with E-state index in [4.69, 9.17) is 18.9 Å². The summed E-state index contributed by atoms with van der Waals surface area (Å²) < 4.78 is 22.4. The zero-order valence-electron chi connectivity index (χ0n) is 15.2. The molecule has 0 bridgehead atoms. The van der Waals surface area contributed by atoms with Crippen LogP contribution in [0.4, 0.5) is 0 Å². The van der Waals surface area contributed by atoms with Gasteiger partial charge in [-0.05, 0) is 49.6 Å². The number of ether oxygens (including phenoxy) is 4. The van der Waals surface area contributed by atoms with Gasteiger partial charge in [-0.3, -0.25) is 0 Å². The summed E-state index contributed by atoms with van der Waals surface area (Å²) in [6.07, 6.45) is 2.47. The Bertz CT molecular complexity index is 690. The van der Waals surface area contributed by atoms with Crippen LogP contribution in [-0.2, 0) is 4.74 Å². The molecule has 4 nitrogen and oxygen atoms in total. The van der Waals surface area contributed by atoms with Crippen LogP contribution in [0.15, 0.2) is 42.5 Å². The molecule has 0 saturated heterocycles. The molecular formula is C21H26O4. The lowest BCUT2D eigenvalue weighted by molar-refractivity contribution is 0.0511. The van der Waals surface area contributed by atoms with Gasteiger partial charge in [-0.15, -0.1) is 0 Å². The maximum absolute atomic E-state index is 6.17. The Kier molecular flexibility index (Phi) is 5.49. The van der Waals surface area contributed by atoms with Gasteiger partial charge in [0.25, 0.3) is 0 Å². The first kappa shape index (κ1) is 17.6. The van der Waals surface area contributed by atoms with Crippen LogP contribution < -0.4 is 14.2 Å². The highest BCUT2D eigenvalue weighted by Crippen LogP contribution is 2.46.